The number of hydrogen-bond acceptors (Lipinski definition) is 4. The van der Waals surface area contributed by atoms with Crippen LogP contribution >= 0.6 is 0 Å². The first kappa shape index (κ1) is 14.9. The number of carboxylic acid groups (broad SMARTS) is 1. The van der Waals surface area contributed by atoms with Crippen molar-refractivity contribution in [2.24, 2.45) is 5.92 Å². The topological polar surface area (TPSA) is 92.5 Å². The van der Waals surface area contributed by atoms with Crippen LogP contribution < -0.4 is 5.32 Å². The van der Waals surface area contributed by atoms with E-state index in [1.54, 1.807) is 13.8 Å². The van der Waals surface area contributed by atoms with E-state index in [2.05, 4.69) is 5.32 Å². The molecule has 0 radical (unpaired) electrons. The van der Waals surface area contributed by atoms with Crippen LogP contribution in [0.3, 0.4) is 0 Å². The number of carboxylic acids is 1. The highest BCUT2D eigenvalue weighted by molar-refractivity contribution is 5.78. The van der Waals surface area contributed by atoms with Crippen molar-refractivity contribution in [2.75, 3.05) is 5.32 Å². The number of nitrogens with zero attached hydrogens (tertiary/aromatic N) is 1. The number of aryl methyl sites for hydroxylation is 1. The normalized spacial score (nSPS) is 12.3. The van der Waals surface area contributed by atoms with Gasteiger partial charge in [-0.3, -0.25) is 10.1 Å². The molecule has 0 aliphatic heterocycles. The van der Waals surface area contributed by atoms with Crippen molar-refractivity contribution in [1.82, 2.24) is 0 Å². The van der Waals surface area contributed by atoms with E-state index in [1.165, 1.54) is 13.0 Å². The van der Waals surface area contributed by atoms with Crippen molar-refractivity contribution in [3.8, 4) is 0 Å². The Morgan fingerprint density at radius 3 is 2.47 bits per heavy atom. The zero-order chi connectivity index (χ0) is 14.7. The maximum atomic E-state index is 13.7. The van der Waals surface area contributed by atoms with Crippen molar-refractivity contribution in [3.05, 3.63) is 33.6 Å². The van der Waals surface area contributed by atoms with E-state index in [4.69, 9.17) is 5.11 Å². The van der Waals surface area contributed by atoms with Gasteiger partial charge in [0.05, 0.1) is 16.7 Å². The third kappa shape index (κ3) is 3.40. The SMILES string of the molecule is Cc1cc(N[C@@H](C(=O)O)C(C)C)c(F)cc1[N+](=O)[O-]. The number of hydrogen-bond donors (Lipinski definition) is 2. The van der Waals surface area contributed by atoms with E-state index in [0.717, 1.165) is 6.07 Å². The van der Waals surface area contributed by atoms with E-state index >= 15 is 0 Å². The summed E-state index contributed by atoms with van der Waals surface area (Å²) >= 11 is 0. The molecule has 104 valence electrons. The molecule has 6 nitrogen and oxygen atoms in total. The molecule has 0 aliphatic rings. The first-order valence-electron chi connectivity index (χ1n) is 5.68. The maximum absolute atomic E-state index is 13.7. The fraction of sp³-hybridized carbons (Fsp3) is 0.417. The number of nitrogens with one attached hydrogen (secondary N) is 1. The van der Waals surface area contributed by atoms with Crippen LogP contribution in [-0.2, 0) is 4.79 Å². The monoisotopic (exact) mass is 270 g/mol. The summed E-state index contributed by atoms with van der Waals surface area (Å²) in [6, 6.07) is 1.07. The second-order valence-corrected chi connectivity index (χ2v) is 4.58. The number of anilines is 1. The smallest absolute Gasteiger partial charge is 0.326 e. The first-order chi connectivity index (χ1) is 8.73. The molecule has 1 aromatic rings. The molecule has 1 atom stereocenters. The van der Waals surface area contributed by atoms with Crippen LogP contribution in [0.2, 0.25) is 0 Å². The molecule has 0 spiro atoms. The standard InChI is InChI=1S/C12H15FN2O4/c1-6(2)11(12(16)17)14-9-4-7(3)10(15(18)19)5-8(9)13/h4-6,11,14H,1-3H3,(H,16,17)/t11-/m1/s1. The van der Waals surface area contributed by atoms with Crippen LogP contribution in [0.1, 0.15) is 19.4 Å². The van der Waals surface area contributed by atoms with Crippen LogP contribution in [-0.4, -0.2) is 22.0 Å². The van der Waals surface area contributed by atoms with Crippen LogP contribution in [0.15, 0.2) is 12.1 Å². The third-order valence-electron chi connectivity index (χ3n) is 2.73. The van der Waals surface area contributed by atoms with Crippen molar-refractivity contribution < 1.29 is 19.2 Å². The minimum absolute atomic E-state index is 0.0517. The maximum Gasteiger partial charge on any atom is 0.326 e. The van der Waals surface area contributed by atoms with Gasteiger partial charge in [-0.25, -0.2) is 9.18 Å². The van der Waals surface area contributed by atoms with Gasteiger partial charge in [0.15, 0.2) is 5.82 Å². The molecule has 0 aromatic heterocycles. The lowest BCUT2D eigenvalue weighted by atomic mass is 10.0. The molecule has 2 N–H and O–H groups in total. The molecule has 7 heteroatoms. The number of aliphatic carboxylic acids is 1. The molecule has 0 saturated carbocycles. The molecule has 1 aromatic carbocycles. The van der Waals surface area contributed by atoms with Crippen molar-refractivity contribution in [3.63, 3.8) is 0 Å². The molecule has 0 heterocycles. The molecule has 1 rings (SSSR count). The minimum Gasteiger partial charge on any atom is -0.480 e. The second kappa shape index (κ2) is 5.64. The summed E-state index contributed by atoms with van der Waals surface area (Å²) < 4.78 is 13.7. The summed E-state index contributed by atoms with van der Waals surface area (Å²) in [6.07, 6.45) is 0. The second-order valence-electron chi connectivity index (χ2n) is 4.58. The Kier molecular flexibility index (Phi) is 4.42. The fourth-order valence-electron chi connectivity index (χ4n) is 1.66. The molecule has 0 saturated heterocycles. The molecule has 0 amide bonds. The number of carbonyl (C=O) groups is 1. The highest BCUT2D eigenvalue weighted by Gasteiger charge is 2.24. The van der Waals surface area contributed by atoms with Crippen molar-refractivity contribution in [1.29, 1.82) is 0 Å². The van der Waals surface area contributed by atoms with Gasteiger partial charge in [-0.05, 0) is 18.9 Å². The van der Waals surface area contributed by atoms with Crippen molar-refractivity contribution >= 4 is 17.3 Å². The van der Waals surface area contributed by atoms with Crippen LogP contribution in [0.25, 0.3) is 0 Å². The lowest BCUT2D eigenvalue weighted by Crippen LogP contribution is -2.34. The number of benzene rings is 1. The van der Waals surface area contributed by atoms with Gasteiger partial charge in [0.25, 0.3) is 5.69 Å². The van der Waals surface area contributed by atoms with E-state index in [0.29, 0.717) is 0 Å². The quantitative estimate of drug-likeness (QED) is 0.633. The average molecular weight is 270 g/mol. The zero-order valence-corrected chi connectivity index (χ0v) is 10.8. The summed E-state index contributed by atoms with van der Waals surface area (Å²) in [6.45, 7) is 4.83. The van der Waals surface area contributed by atoms with Crippen molar-refractivity contribution in [2.45, 2.75) is 26.8 Å². The minimum atomic E-state index is -1.11. The van der Waals surface area contributed by atoms with E-state index in [1.807, 2.05) is 0 Å². The highest BCUT2D eigenvalue weighted by Crippen LogP contribution is 2.26. The first-order valence-corrected chi connectivity index (χ1v) is 5.68. The number of nitro benzene ring substituents is 1. The average Bonchev–Trinajstić information content (AvgIpc) is 2.28. The summed E-state index contributed by atoms with van der Waals surface area (Å²) in [5.41, 5.74) is -0.120. The fourth-order valence-corrected chi connectivity index (χ4v) is 1.66. The van der Waals surface area contributed by atoms with Gasteiger partial charge in [0, 0.05) is 5.56 Å². The van der Waals surface area contributed by atoms with Gasteiger partial charge >= 0.3 is 5.97 Å². The number of nitro groups is 1. The Hall–Kier alpha value is -2.18. The summed E-state index contributed by atoms with van der Waals surface area (Å²) in [4.78, 5) is 21.0. The summed E-state index contributed by atoms with van der Waals surface area (Å²) in [5.74, 6) is -2.21. The predicted octanol–water partition coefficient (Wildman–Crippen LogP) is 2.56. The molecular weight excluding hydrogens is 255 g/mol. The predicted molar refractivity (Wildman–Crippen MR) is 67.7 cm³/mol. The molecule has 0 bridgehead atoms. The molecule has 0 aliphatic carbocycles. The lowest BCUT2D eigenvalue weighted by Gasteiger charge is -2.19. The Bertz CT molecular complexity index is 517. The number of rotatable bonds is 5. The van der Waals surface area contributed by atoms with Gasteiger partial charge in [0.2, 0.25) is 0 Å². The highest BCUT2D eigenvalue weighted by atomic mass is 19.1. The van der Waals surface area contributed by atoms with Gasteiger partial charge in [-0.2, -0.15) is 0 Å². The Balaban J connectivity index is 3.12. The Labute approximate surface area is 109 Å². The largest absolute Gasteiger partial charge is 0.480 e. The van der Waals surface area contributed by atoms with E-state index in [-0.39, 0.29) is 22.9 Å². The van der Waals surface area contributed by atoms with Gasteiger partial charge in [-0.15, -0.1) is 0 Å². The van der Waals surface area contributed by atoms with Gasteiger partial charge < -0.3 is 10.4 Å². The van der Waals surface area contributed by atoms with Gasteiger partial charge in [-0.1, -0.05) is 13.8 Å². The molecule has 19 heavy (non-hydrogen) atoms. The Morgan fingerprint density at radius 2 is 2.05 bits per heavy atom. The van der Waals surface area contributed by atoms with E-state index in [9.17, 15) is 19.3 Å². The number of halogens is 1. The molecular formula is C12H15FN2O4. The van der Waals surface area contributed by atoms with E-state index < -0.39 is 22.8 Å². The van der Waals surface area contributed by atoms with Crippen LogP contribution in [0, 0.1) is 28.8 Å². The zero-order valence-electron chi connectivity index (χ0n) is 10.8. The van der Waals surface area contributed by atoms with Crippen LogP contribution in [0.5, 0.6) is 0 Å². The third-order valence-corrected chi connectivity index (χ3v) is 2.73. The summed E-state index contributed by atoms with van der Waals surface area (Å²) in [7, 11) is 0. The van der Waals surface area contributed by atoms with Crippen LogP contribution in [0.4, 0.5) is 15.8 Å². The lowest BCUT2D eigenvalue weighted by molar-refractivity contribution is -0.385. The Morgan fingerprint density at radius 1 is 1.47 bits per heavy atom. The molecule has 0 unspecified atom stereocenters. The molecule has 0 fully saturated rings. The summed E-state index contributed by atoms with van der Waals surface area (Å²) in [5, 5.41) is 22.2. The van der Waals surface area contributed by atoms with Gasteiger partial charge in [0.1, 0.15) is 6.04 Å².